The van der Waals surface area contributed by atoms with Gasteiger partial charge in [0.25, 0.3) is 0 Å². The molecule has 1 aliphatic rings. The first-order valence-electron chi connectivity index (χ1n) is 9.10. The molecule has 4 nitrogen and oxygen atoms in total. The molecule has 0 aliphatic carbocycles. The van der Waals surface area contributed by atoms with Crippen LogP contribution in [-0.4, -0.2) is 38.9 Å². The summed E-state index contributed by atoms with van der Waals surface area (Å²) in [5.74, 6) is 0. The summed E-state index contributed by atoms with van der Waals surface area (Å²) < 4.78 is 27.3. The Morgan fingerprint density at radius 2 is 1.50 bits per heavy atom. The van der Waals surface area contributed by atoms with Gasteiger partial charge in [0, 0.05) is 31.9 Å². The molecule has 1 fully saturated rings. The number of benzene rings is 2. The van der Waals surface area contributed by atoms with Gasteiger partial charge in [-0.05, 0) is 47.7 Å². The van der Waals surface area contributed by atoms with E-state index in [0.717, 1.165) is 11.3 Å². The van der Waals surface area contributed by atoms with Gasteiger partial charge in [-0.25, -0.2) is 8.42 Å². The van der Waals surface area contributed by atoms with Crippen molar-refractivity contribution in [3.8, 4) is 0 Å². The van der Waals surface area contributed by atoms with Crippen molar-refractivity contribution in [1.29, 1.82) is 0 Å². The molecular formula is C21H28N2O2S. The highest BCUT2D eigenvalue weighted by Crippen LogP contribution is 2.26. The molecule has 0 amide bonds. The van der Waals surface area contributed by atoms with Crippen LogP contribution in [0.15, 0.2) is 53.4 Å². The zero-order chi connectivity index (χ0) is 18.9. The molecule has 0 N–H and O–H groups in total. The van der Waals surface area contributed by atoms with Gasteiger partial charge in [-0.2, -0.15) is 4.31 Å². The van der Waals surface area contributed by atoms with E-state index in [1.807, 2.05) is 13.0 Å². The van der Waals surface area contributed by atoms with Crippen LogP contribution in [0.2, 0.25) is 0 Å². The lowest BCUT2D eigenvalue weighted by molar-refractivity contribution is 0.385. The first-order chi connectivity index (χ1) is 12.2. The Bertz CT molecular complexity index is 860. The van der Waals surface area contributed by atoms with Crippen LogP contribution in [-0.2, 0) is 15.4 Å². The van der Waals surface area contributed by atoms with Crippen LogP contribution in [0.5, 0.6) is 0 Å². The minimum absolute atomic E-state index is 0.138. The Kier molecular flexibility index (Phi) is 5.13. The van der Waals surface area contributed by atoms with E-state index in [9.17, 15) is 8.42 Å². The van der Waals surface area contributed by atoms with Gasteiger partial charge in [0.1, 0.15) is 0 Å². The predicted octanol–water partition coefficient (Wildman–Crippen LogP) is 3.80. The second kappa shape index (κ2) is 7.05. The monoisotopic (exact) mass is 372 g/mol. The van der Waals surface area contributed by atoms with Crippen LogP contribution < -0.4 is 4.90 Å². The minimum atomic E-state index is -3.41. The number of rotatable bonds is 3. The third kappa shape index (κ3) is 3.94. The van der Waals surface area contributed by atoms with Crippen molar-refractivity contribution in [1.82, 2.24) is 4.31 Å². The molecule has 0 atom stereocenters. The van der Waals surface area contributed by atoms with Crippen molar-refractivity contribution in [2.45, 2.75) is 38.0 Å². The summed E-state index contributed by atoms with van der Waals surface area (Å²) in [6.45, 7) is 11.0. The van der Waals surface area contributed by atoms with Gasteiger partial charge in [0.15, 0.2) is 0 Å². The van der Waals surface area contributed by atoms with Crippen molar-refractivity contribution in [2.24, 2.45) is 0 Å². The number of piperazine rings is 1. The van der Waals surface area contributed by atoms with Crippen LogP contribution >= 0.6 is 0 Å². The van der Waals surface area contributed by atoms with Crippen LogP contribution in [0.1, 0.15) is 31.9 Å². The van der Waals surface area contributed by atoms with E-state index in [2.05, 4.69) is 49.9 Å². The maximum absolute atomic E-state index is 12.8. The molecule has 26 heavy (non-hydrogen) atoms. The van der Waals surface area contributed by atoms with Gasteiger partial charge >= 0.3 is 0 Å². The molecule has 2 aromatic rings. The summed E-state index contributed by atoms with van der Waals surface area (Å²) in [6.07, 6.45) is 0. The molecule has 0 bridgehead atoms. The highest BCUT2D eigenvalue weighted by Gasteiger charge is 2.28. The van der Waals surface area contributed by atoms with E-state index >= 15 is 0 Å². The van der Waals surface area contributed by atoms with Gasteiger partial charge in [0.2, 0.25) is 10.0 Å². The molecular weight excluding hydrogens is 344 g/mol. The minimum Gasteiger partial charge on any atom is -0.369 e. The van der Waals surface area contributed by atoms with Crippen molar-refractivity contribution >= 4 is 15.7 Å². The molecule has 1 saturated heterocycles. The van der Waals surface area contributed by atoms with Gasteiger partial charge in [-0.3, -0.25) is 0 Å². The lowest BCUT2D eigenvalue weighted by Gasteiger charge is -2.35. The average Bonchev–Trinajstić information content (AvgIpc) is 2.61. The lowest BCUT2D eigenvalue weighted by atomic mass is 9.87. The van der Waals surface area contributed by atoms with E-state index in [1.54, 1.807) is 22.5 Å². The molecule has 1 heterocycles. The fourth-order valence-electron chi connectivity index (χ4n) is 3.28. The first kappa shape index (κ1) is 18.9. The third-order valence-electron chi connectivity index (χ3n) is 4.96. The number of nitrogens with zero attached hydrogens (tertiary/aromatic N) is 2. The zero-order valence-corrected chi connectivity index (χ0v) is 16.9. The van der Waals surface area contributed by atoms with Gasteiger partial charge in [-0.15, -0.1) is 0 Å². The molecule has 0 unspecified atom stereocenters. The molecule has 0 saturated carbocycles. The molecule has 0 radical (unpaired) electrons. The van der Waals surface area contributed by atoms with E-state index in [4.69, 9.17) is 0 Å². The summed E-state index contributed by atoms with van der Waals surface area (Å²) in [5.41, 5.74) is 3.57. The fraction of sp³-hybridized carbons (Fsp3) is 0.429. The fourth-order valence-corrected chi connectivity index (χ4v) is 4.81. The lowest BCUT2D eigenvalue weighted by Crippen LogP contribution is -2.48. The summed E-state index contributed by atoms with van der Waals surface area (Å²) in [4.78, 5) is 2.65. The predicted molar refractivity (Wildman–Crippen MR) is 107 cm³/mol. The molecule has 140 valence electrons. The van der Waals surface area contributed by atoms with Crippen molar-refractivity contribution in [3.05, 3.63) is 59.7 Å². The number of sulfonamides is 1. The average molecular weight is 373 g/mol. The zero-order valence-electron chi connectivity index (χ0n) is 16.1. The second-order valence-corrected chi connectivity index (χ2v) is 9.94. The molecule has 0 spiro atoms. The summed E-state index contributed by atoms with van der Waals surface area (Å²) >= 11 is 0. The van der Waals surface area contributed by atoms with E-state index < -0.39 is 10.0 Å². The largest absolute Gasteiger partial charge is 0.369 e. The SMILES string of the molecule is Cc1cccc(S(=O)(=O)N2CCN(c3ccc(C(C)(C)C)cc3)CC2)c1. The standard InChI is InChI=1S/C21H28N2O2S/c1-17-6-5-7-20(16-17)26(24,25)23-14-12-22(13-15-23)19-10-8-18(9-11-19)21(2,3)4/h5-11,16H,12-15H2,1-4H3. The topological polar surface area (TPSA) is 40.6 Å². The summed E-state index contributed by atoms with van der Waals surface area (Å²) in [5, 5.41) is 0. The Morgan fingerprint density at radius 1 is 0.885 bits per heavy atom. The second-order valence-electron chi connectivity index (χ2n) is 8.00. The van der Waals surface area contributed by atoms with E-state index in [0.29, 0.717) is 31.1 Å². The van der Waals surface area contributed by atoms with E-state index in [-0.39, 0.29) is 5.41 Å². The Hall–Kier alpha value is -1.85. The quantitative estimate of drug-likeness (QED) is 0.823. The van der Waals surface area contributed by atoms with Crippen molar-refractivity contribution in [3.63, 3.8) is 0 Å². The maximum Gasteiger partial charge on any atom is 0.243 e. The van der Waals surface area contributed by atoms with Crippen LogP contribution in [0.25, 0.3) is 0 Å². The van der Waals surface area contributed by atoms with Crippen molar-refractivity contribution in [2.75, 3.05) is 31.1 Å². The molecule has 1 aliphatic heterocycles. The maximum atomic E-state index is 12.8. The van der Waals surface area contributed by atoms with Gasteiger partial charge in [-0.1, -0.05) is 45.0 Å². The highest BCUT2D eigenvalue weighted by molar-refractivity contribution is 7.89. The van der Waals surface area contributed by atoms with Crippen LogP contribution in [0.3, 0.4) is 0 Å². The normalized spacial score (nSPS) is 16.7. The summed E-state index contributed by atoms with van der Waals surface area (Å²) in [7, 11) is -3.41. The number of hydrogen-bond donors (Lipinski definition) is 0. The Balaban J connectivity index is 1.69. The van der Waals surface area contributed by atoms with Gasteiger partial charge < -0.3 is 4.90 Å². The van der Waals surface area contributed by atoms with E-state index in [1.165, 1.54) is 5.56 Å². The number of hydrogen-bond acceptors (Lipinski definition) is 3. The number of aryl methyl sites for hydroxylation is 1. The molecule has 5 heteroatoms. The van der Waals surface area contributed by atoms with Crippen LogP contribution in [0, 0.1) is 6.92 Å². The van der Waals surface area contributed by atoms with Crippen molar-refractivity contribution < 1.29 is 8.42 Å². The highest BCUT2D eigenvalue weighted by atomic mass is 32.2. The molecule has 0 aromatic heterocycles. The molecule has 2 aromatic carbocycles. The smallest absolute Gasteiger partial charge is 0.243 e. The Labute approximate surface area is 157 Å². The van der Waals surface area contributed by atoms with Crippen LogP contribution in [0.4, 0.5) is 5.69 Å². The third-order valence-corrected chi connectivity index (χ3v) is 6.86. The first-order valence-corrected chi connectivity index (χ1v) is 10.5. The molecule has 3 rings (SSSR count). The summed E-state index contributed by atoms with van der Waals surface area (Å²) in [6, 6.07) is 15.8. The Morgan fingerprint density at radius 3 is 2.04 bits per heavy atom. The number of anilines is 1. The van der Waals surface area contributed by atoms with Gasteiger partial charge in [0.05, 0.1) is 4.90 Å².